The molecule has 0 aromatic carbocycles. The van der Waals surface area contributed by atoms with Crippen LogP contribution in [0.4, 0.5) is 0 Å². The van der Waals surface area contributed by atoms with Gasteiger partial charge in [-0.3, -0.25) is 9.59 Å². The van der Waals surface area contributed by atoms with E-state index in [4.69, 9.17) is 27.8 Å². The Balaban J connectivity index is 1.31. The van der Waals surface area contributed by atoms with Crippen LogP contribution in [0.5, 0.6) is 0 Å². The third-order valence-electron chi connectivity index (χ3n) is 5.23. The summed E-state index contributed by atoms with van der Waals surface area (Å²) < 4.78 is 31.3. The van der Waals surface area contributed by atoms with Crippen LogP contribution in [0.1, 0.15) is 60.4 Å². The van der Waals surface area contributed by atoms with Crippen LogP contribution >= 0.6 is 0 Å². The first-order valence-corrected chi connectivity index (χ1v) is 11.6. The third kappa shape index (κ3) is 6.21. The highest BCUT2D eigenvalue weighted by Gasteiger charge is 2.26. The highest BCUT2D eigenvalue weighted by Crippen LogP contribution is 2.23. The van der Waals surface area contributed by atoms with Crippen molar-refractivity contribution in [1.29, 1.82) is 0 Å². The van der Waals surface area contributed by atoms with Gasteiger partial charge in [-0.2, -0.15) is 0 Å². The lowest BCUT2D eigenvalue weighted by molar-refractivity contribution is -0.175. The lowest BCUT2D eigenvalue weighted by Gasteiger charge is -2.20. The smallest absolute Gasteiger partial charge is 0.357 e. The minimum Gasteiger partial charge on any atom is -0.463 e. The Labute approximate surface area is 210 Å². The van der Waals surface area contributed by atoms with E-state index < -0.39 is 37.0 Å². The summed E-state index contributed by atoms with van der Waals surface area (Å²) in [6.45, 7) is 4.82. The molecule has 12 heteroatoms. The number of aromatic nitrogens is 2. The number of nitrogens with one attached hydrogen (secondary N) is 2. The average molecular weight is 514 g/mol. The van der Waals surface area contributed by atoms with Gasteiger partial charge in [0.1, 0.15) is 23.6 Å². The highest BCUT2D eigenvalue weighted by molar-refractivity contribution is 5.94. The van der Waals surface area contributed by atoms with E-state index in [2.05, 4.69) is 9.97 Å². The molecule has 0 aliphatic carbocycles. The summed E-state index contributed by atoms with van der Waals surface area (Å²) in [5.41, 5.74) is 2.19. The lowest BCUT2D eigenvalue weighted by atomic mass is 10.2. The number of hydrogen-bond acceptors (Lipinski definition) is 10. The molecule has 1 atom stereocenters. The van der Waals surface area contributed by atoms with Crippen LogP contribution in [-0.4, -0.2) is 46.9 Å². The number of esters is 4. The van der Waals surface area contributed by atoms with Crippen molar-refractivity contribution in [3.8, 4) is 0 Å². The van der Waals surface area contributed by atoms with Crippen LogP contribution < -0.4 is 0 Å². The number of ether oxygens (including phenoxy) is 4. The topological polar surface area (TPSA) is 163 Å². The van der Waals surface area contributed by atoms with E-state index in [9.17, 15) is 19.2 Å². The second-order valence-corrected chi connectivity index (χ2v) is 8.56. The monoisotopic (exact) mass is 514 g/mol. The zero-order valence-corrected chi connectivity index (χ0v) is 20.5. The Morgan fingerprint density at radius 3 is 2.32 bits per heavy atom. The molecule has 196 valence electrons. The summed E-state index contributed by atoms with van der Waals surface area (Å²) in [5, 5.41) is 0. The molecule has 37 heavy (non-hydrogen) atoms. The molecule has 0 fully saturated rings. The van der Waals surface area contributed by atoms with E-state index in [1.54, 1.807) is 26.0 Å². The third-order valence-corrected chi connectivity index (χ3v) is 5.23. The van der Waals surface area contributed by atoms with Gasteiger partial charge in [-0.25, -0.2) is 9.59 Å². The van der Waals surface area contributed by atoms with Crippen molar-refractivity contribution in [2.45, 2.75) is 46.3 Å². The fraction of sp³-hybridized carbons (Fsp3) is 0.360. The first-order valence-electron chi connectivity index (χ1n) is 11.6. The summed E-state index contributed by atoms with van der Waals surface area (Å²) in [7, 11) is 0. The predicted octanol–water partition coefficient (Wildman–Crippen LogP) is 4.22. The van der Waals surface area contributed by atoms with Crippen LogP contribution in [0.2, 0.25) is 0 Å². The van der Waals surface area contributed by atoms with E-state index in [1.165, 1.54) is 18.4 Å². The zero-order chi connectivity index (χ0) is 26.5. The van der Waals surface area contributed by atoms with Crippen LogP contribution in [-0.2, 0) is 35.0 Å². The van der Waals surface area contributed by atoms with Gasteiger partial charge in [0, 0.05) is 36.6 Å². The maximum absolute atomic E-state index is 12.5. The van der Waals surface area contributed by atoms with Crippen LogP contribution in [0.15, 0.2) is 39.4 Å². The van der Waals surface area contributed by atoms with Crippen LogP contribution in [0.25, 0.3) is 22.2 Å². The van der Waals surface area contributed by atoms with Crippen molar-refractivity contribution < 1.29 is 47.0 Å². The molecule has 4 heterocycles. The molecule has 0 spiro atoms. The molecule has 1 unspecified atom stereocenters. The SMILES string of the molecule is CCCC(=O)OCOC(=O)c1cc2oc(CC(=O)OC(OC(=O)c3cc4occc4[nH]3)C(C)C)cc2[nH]1. The molecule has 0 bridgehead atoms. The molecule has 4 aromatic rings. The number of fused-ring (bicyclic) bond motifs is 2. The minimum absolute atomic E-state index is 0.0948. The molecule has 0 amide bonds. The Morgan fingerprint density at radius 1 is 0.892 bits per heavy atom. The molecule has 4 aromatic heterocycles. The summed E-state index contributed by atoms with van der Waals surface area (Å²) in [5.74, 6) is -2.58. The number of H-pyrrole nitrogens is 2. The molecular formula is C25H26N2O10. The first-order chi connectivity index (χ1) is 17.7. The van der Waals surface area contributed by atoms with Crippen LogP contribution in [0, 0.1) is 5.92 Å². The van der Waals surface area contributed by atoms with Gasteiger partial charge in [0.2, 0.25) is 13.1 Å². The van der Waals surface area contributed by atoms with E-state index in [-0.39, 0.29) is 35.9 Å². The fourth-order valence-electron chi connectivity index (χ4n) is 3.41. The van der Waals surface area contributed by atoms with Gasteiger partial charge in [-0.05, 0) is 6.42 Å². The standard InChI is InChI=1S/C25H26N2O10/c1-4-5-21(28)33-12-34-23(30)17-11-20-16(27-17)8-14(35-20)9-22(29)36-25(13(2)3)37-24(31)18-10-19-15(26-18)6-7-32-19/h6-8,10-11,13,25-27H,4-5,9,12H2,1-3H3. The number of hydrogen-bond donors (Lipinski definition) is 2. The second kappa shape index (κ2) is 11.1. The van der Waals surface area contributed by atoms with Crippen molar-refractivity contribution in [2.75, 3.05) is 6.79 Å². The second-order valence-electron chi connectivity index (χ2n) is 8.56. The molecule has 0 saturated carbocycles. The summed E-state index contributed by atoms with van der Waals surface area (Å²) in [6.07, 6.45) is 1.00. The average Bonchev–Trinajstić information content (AvgIpc) is 3.58. The molecule has 0 aliphatic heterocycles. The Kier molecular flexibility index (Phi) is 7.66. The van der Waals surface area contributed by atoms with Crippen molar-refractivity contribution in [3.05, 3.63) is 47.7 Å². The summed E-state index contributed by atoms with van der Waals surface area (Å²) >= 11 is 0. The van der Waals surface area contributed by atoms with Crippen molar-refractivity contribution in [3.63, 3.8) is 0 Å². The largest absolute Gasteiger partial charge is 0.463 e. The Bertz CT molecular complexity index is 1360. The number of aromatic amines is 2. The maximum Gasteiger partial charge on any atom is 0.357 e. The molecule has 4 rings (SSSR count). The number of carbonyl (C=O) groups excluding carboxylic acids is 4. The van der Waals surface area contributed by atoms with E-state index in [0.29, 0.717) is 28.6 Å². The van der Waals surface area contributed by atoms with Gasteiger partial charge >= 0.3 is 23.9 Å². The quantitative estimate of drug-likeness (QED) is 0.219. The normalized spacial score (nSPS) is 12.1. The molecule has 0 saturated heterocycles. The summed E-state index contributed by atoms with van der Waals surface area (Å²) in [4.78, 5) is 54.2. The number of carbonyl (C=O) groups is 4. The van der Waals surface area contributed by atoms with Gasteiger partial charge < -0.3 is 37.7 Å². The van der Waals surface area contributed by atoms with Crippen LogP contribution in [0.3, 0.4) is 0 Å². The predicted molar refractivity (Wildman–Crippen MR) is 126 cm³/mol. The molecule has 0 aliphatic rings. The van der Waals surface area contributed by atoms with Crippen molar-refractivity contribution >= 4 is 46.1 Å². The first kappa shape index (κ1) is 25.6. The van der Waals surface area contributed by atoms with Gasteiger partial charge in [0.25, 0.3) is 0 Å². The van der Waals surface area contributed by atoms with Gasteiger partial charge in [-0.15, -0.1) is 0 Å². The highest BCUT2D eigenvalue weighted by atomic mass is 16.7. The molecule has 0 radical (unpaired) electrons. The minimum atomic E-state index is -1.12. The van der Waals surface area contributed by atoms with Crippen molar-refractivity contribution in [1.82, 2.24) is 9.97 Å². The van der Waals surface area contributed by atoms with E-state index in [1.807, 2.05) is 6.92 Å². The van der Waals surface area contributed by atoms with Gasteiger partial charge in [-0.1, -0.05) is 20.8 Å². The van der Waals surface area contributed by atoms with Gasteiger partial charge in [0.15, 0.2) is 11.2 Å². The van der Waals surface area contributed by atoms with E-state index >= 15 is 0 Å². The zero-order valence-electron chi connectivity index (χ0n) is 20.5. The Morgan fingerprint density at radius 2 is 1.62 bits per heavy atom. The molecule has 2 N–H and O–H groups in total. The Hall–Kier alpha value is -4.48. The number of furan rings is 2. The number of rotatable bonds is 11. The summed E-state index contributed by atoms with van der Waals surface area (Å²) in [6, 6.07) is 6.13. The molecule has 12 nitrogen and oxygen atoms in total. The molecular weight excluding hydrogens is 488 g/mol. The fourth-order valence-corrected chi connectivity index (χ4v) is 3.41. The maximum atomic E-state index is 12.5. The van der Waals surface area contributed by atoms with Gasteiger partial charge in [0.05, 0.1) is 17.3 Å². The van der Waals surface area contributed by atoms with Crippen molar-refractivity contribution in [2.24, 2.45) is 5.92 Å². The lowest BCUT2D eigenvalue weighted by Crippen LogP contribution is -2.30. The van der Waals surface area contributed by atoms with E-state index in [0.717, 1.165) is 0 Å².